The first-order valence-electron chi connectivity index (χ1n) is 3.17. The smallest absolute Gasteiger partial charge is 0.248 e. The van der Waals surface area contributed by atoms with Crippen LogP contribution in [0.25, 0.3) is 0 Å². The minimum absolute atomic E-state index is 0. The summed E-state index contributed by atoms with van der Waals surface area (Å²) >= 11 is 0. The van der Waals surface area contributed by atoms with Crippen molar-refractivity contribution in [1.29, 1.82) is 0 Å². The summed E-state index contributed by atoms with van der Waals surface area (Å²) in [4.78, 5) is 10.8. The molecule has 2 nitrogen and oxygen atoms in total. The zero-order chi connectivity index (χ0) is 7.56. The predicted octanol–water partition coefficient (Wildman–Crippen LogP) is -2.28. The molecule has 0 unspecified atom stereocenters. The second kappa shape index (κ2) is 4.23. The predicted molar refractivity (Wildman–Crippen MR) is 37.6 cm³/mol. The number of rotatable bonds is 1. The summed E-state index contributed by atoms with van der Waals surface area (Å²) in [5, 5.41) is 0. The van der Waals surface area contributed by atoms with Crippen LogP contribution in [0.1, 0.15) is 17.4 Å². The van der Waals surface area contributed by atoms with E-state index in [1.54, 1.807) is 6.92 Å². The first kappa shape index (κ1) is 10.3. The van der Waals surface area contributed by atoms with Crippen molar-refractivity contribution < 1.29 is 26.3 Å². The van der Waals surface area contributed by atoms with Gasteiger partial charge in [-0.1, -0.05) is 0 Å². The van der Waals surface area contributed by atoms with Crippen molar-refractivity contribution >= 4 is 5.78 Å². The maximum absolute atomic E-state index is 10.8. The van der Waals surface area contributed by atoms with Crippen molar-refractivity contribution in [3.8, 4) is 0 Å². The Kier molecular flexibility index (Phi) is 3.97. The van der Waals surface area contributed by atoms with Gasteiger partial charge in [0.15, 0.2) is 6.20 Å². The number of halogens is 1. The second-order valence-corrected chi connectivity index (χ2v) is 2.25. The topological polar surface area (TPSA) is 20.9 Å². The van der Waals surface area contributed by atoms with E-state index in [0.29, 0.717) is 0 Å². The van der Waals surface area contributed by atoms with Gasteiger partial charge in [0.1, 0.15) is 7.05 Å². The third kappa shape index (κ3) is 2.42. The first-order chi connectivity index (χ1) is 4.72. The van der Waals surface area contributed by atoms with Gasteiger partial charge in [-0.05, 0) is 6.07 Å². The summed E-state index contributed by atoms with van der Waals surface area (Å²) in [5.74, 6) is 0.100. The van der Waals surface area contributed by atoms with E-state index in [2.05, 4.69) is 0 Å². The highest BCUT2D eigenvalue weighted by Gasteiger charge is 2.08. The SMILES string of the molecule is CC(=O)c1cccc[n+]1C.[Br-]. The van der Waals surface area contributed by atoms with E-state index in [-0.39, 0.29) is 22.8 Å². The van der Waals surface area contributed by atoms with E-state index in [1.165, 1.54) is 0 Å². The highest BCUT2D eigenvalue weighted by atomic mass is 79.9. The molecule has 0 aliphatic rings. The number of aryl methyl sites for hydroxylation is 1. The molecule has 0 radical (unpaired) electrons. The average Bonchev–Trinajstić information content (AvgIpc) is 1.88. The van der Waals surface area contributed by atoms with Gasteiger partial charge >= 0.3 is 0 Å². The fraction of sp³-hybridized carbons (Fsp3) is 0.250. The molecule has 0 bridgehead atoms. The van der Waals surface area contributed by atoms with E-state index in [0.717, 1.165) is 5.69 Å². The van der Waals surface area contributed by atoms with Crippen molar-refractivity contribution in [2.24, 2.45) is 7.05 Å². The zero-order valence-corrected chi connectivity index (χ0v) is 8.13. The molecule has 1 heterocycles. The lowest BCUT2D eigenvalue weighted by Gasteiger charge is -1.91. The molecule has 0 saturated heterocycles. The highest BCUT2D eigenvalue weighted by Crippen LogP contribution is 1.90. The Morgan fingerprint density at radius 2 is 2.09 bits per heavy atom. The number of pyridine rings is 1. The molecule has 0 saturated carbocycles. The Balaban J connectivity index is 0.000001000. The normalized spacial score (nSPS) is 8.55. The molecule has 0 aliphatic carbocycles. The summed E-state index contributed by atoms with van der Waals surface area (Å²) in [6.07, 6.45) is 1.86. The largest absolute Gasteiger partial charge is 1.00 e. The summed E-state index contributed by atoms with van der Waals surface area (Å²) in [6.45, 7) is 1.56. The monoisotopic (exact) mass is 215 g/mol. The van der Waals surface area contributed by atoms with Crippen LogP contribution < -0.4 is 21.5 Å². The molecule has 0 aromatic carbocycles. The number of hydrogen-bond acceptors (Lipinski definition) is 1. The molecule has 1 rings (SSSR count). The molecular formula is C8H10BrNO. The van der Waals surface area contributed by atoms with Crippen molar-refractivity contribution in [2.75, 3.05) is 0 Å². The van der Waals surface area contributed by atoms with Gasteiger partial charge in [0.2, 0.25) is 11.5 Å². The van der Waals surface area contributed by atoms with Gasteiger partial charge in [-0.3, -0.25) is 4.79 Å². The number of hydrogen-bond donors (Lipinski definition) is 0. The van der Waals surface area contributed by atoms with Crippen LogP contribution in [0.5, 0.6) is 0 Å². The van der Waals surface area contributed by atoms with E-state index >= 15 is 0 Å². The number of carbonyl (C=O) groups is 1. The first-order valence-corrected chi connectivity index (χ1v) is 3.17. The molecule has 3 heteroatoms. The minimum Gasteiger partial charge on any atom is -1.00 e. The van der Waals surface area contributed by atoms with Crippen LogP contribution in [0, 0.1) is 0 Å². The Morgan fingerprint density at radius 1 is 1.45 bits per heavy atom. The van der Waals surface area contributed by atoms with Gasteiger partial charge in [-0.25, -0.2) is 0 Å². The summed E-state index contributed by atoms with van der Waals surface area (Å²) in [5.41, 5.74) is 0.738. The molecule has 0 spiro atoms. The van der Waals surface area contributed by atoms with Crippen molar-refractivity contribution in [1.82, 2.24) is 0 Å². The maximum Gasteiger partial charge on any atom is 0.248 e. The van der Waals surface area contributed by atoms with E-state index in [9.17, 15) is 4.79 Å². The number of carbonyl (C=O) groups excluding carboxylic acids is 1. The molecule has 0 fully saturated rings. The maximum atomic E-state index is 10.8. The fourth-order valence-corrected chi connectivity index (χ4v) is 0.889. The van der Waals surface area contributed by atoms with E-state index in [1.807, 2.05) is 36.0 Å². The Morgan fingerprint density at radius 3 is 2.45 bits per heavy atom. The van der Waals surface area contributed by atoms with Crippen molar-refractivity contribution in [2.45, 2.75) is 6.92 Å². The van der Waals surface area contributed by atoms with Crippen LogP contribution in [0.15, 0.2) is 24.4 Å². The quantitative estimate of drug-likeness (QED) is 0.382. The van der Waals surface area contributed by atoms with Gasteiger partial charge in [0.25, 0.3) is 0 Å². The molecule has 0 N–H and O–H groups in total. The number of aromatic nitrogens is 1. The molecular weight excluding hydrogens is 206 g/mol. The van der Waals surface area contributed by atoms with Crippen LogP contribution in [0.4, 0.5) is 0 Å². The zero-order valence-electron chi connectivity index (χ0n) is 6.54. The standard InChI is InChI=1S/C8H10NO.BrH/c1-7(10)8-5-3-4-6-9(8)2;/h3-6H,1-2H3;1H/q+1;/p-1. The summed E-state index contributed by atoms with van der Waals surface area (Å²) in [6, 6.07) is 5.56. The Hall–Kier alpha value is -0.700. The van der Waals surface area contributed by atoms with Gasteiger partial charge in [0, 0.05) is 19.1 Å². The van der Waals surface area contributed by atoms with Gasteiger partial charge < -0.3 is 17.0 Å². The Bertz CT molecular complexity index is 260. The lowest BCUT2D eigenvalue weighted by Crippen LogP contribution is -3.00. The number of Topliss-reactive ketones (excluding diaryl/α,β-unsaturated/α-hetero) is 1. The summed E-state index contributed by atoms with van der Waals surface area (Å²) in [7, 11) is 1.86. The lowest BCUT2D eigenvalue weighted by molar-refractivity contribution is -0.673. The van der Waals surface area contributed by atoms with Crippen molar-refractivity contribution in [3.05, 3.63) is 30.1 Å². The molecule has 1 aromatic rings. The van der Waals surface area contributed by atoms with Gasteiger partial charge in [0.05, 0.1) is 0 Å². The van der Waals surface area contributed by atoms with Crippen LogP contribution >= 0.6 is 0 Å². The lowest BCUT2D eigenvalue weighted by atomic mass is 10.3. The number of nitrogens with zero attached hydrogens (tertiary/aromatic N) is 1. The molecule has 0 aliphatic heterocycles. The van der Waals surface area contributed by atoms with Crippen LogP contribution in [-0.2, 0) is 7.05 Å². The number of ketones is 1. The molecule has 1 aromatic heterocycles. The average molecular weight is 216 g/mol. The third-order valence-electron chi connectivity index (χ3n) is 1.42. The van der Waals surface area contributed by atoms with Crippen LogP contribution in [0.2, 0.25) is 0 Å². The third-order valence-corrected chi connectivity index (χ3v) is 1.42. The van der Waals surface area contributed by atoms with Gasteiger partial charge in [-0.15, -0.1) is 0 Å². The molecule has 0 atom stereocenters. The highest BCUT2D eigenvalue weighted by molar-refractivity contribution is 5.90. The van der Waals surface area contributed by atoms with Crippen LogP contribution in [0.3, 0.4) is 0 Å². The van der Waals surface area contributed by atoms with Gasteiger partial charge in [-0.2, -0.15) is 4.57 Å². The molecule has 60 valence electrons. The van der Waals surface area contributed by atoms with E-state index in [4.69, 9.17) is 0 Å². The second-order valence-electron chi connectivity index (χ2n) is 2.25. The summed E-state index contributed by atoms with van der Waals surface area (Å²) < 4.78 is 1.81. The molecule has 0 amide bonds. The fourth-order valence-electron chi connectivity index (χ4n) is 0.889. The Labute approximate surface area is 76.6 Å². The van der Waals surface area contributed by atoms with Crippen molar-refractivity contribution in [3.63, 3.8) is 0 Å². The van der Waals surface area contributed by atoms with Crippen LogP contribution in [-0.4, -0.2) is 5.78 Å². The minimum atomic E-state index is 0. The molecule has 11 heavy (non-hydrogen) atoms. The van der Waals surface area contributed by atoms with E-state index < -0.39 is 0 Å².